The molecule has 0 unspecified atom stereocenters. The Balaban J connectivity index is -0.000000173. The maximum atomic E-state index is 8.48. The van der Waals surface area contributed by atoms with Crippen LogP contribution < -0.4 is 9.79 Å². The molecule has 0 spiro atoms. The Kier molecular flexibility index (Phi) is 27.0. The minimum atomic E-state index is -3.37. The van der Waals surface area contributed by atoms with E-state index >= 15 is 0 Å². The summed E-state index contributed by atoms with van der Waals surface area (Å²) in [6.07, 6.45) is 9.12. The van der Waals surface area contributed by atoms with Gasteiger partial charge in [0.1, 0.15) is 0 Å². The maximum absolute atomic E-state index is 8.48. The van der Waals surface area contributed by atoms with Gasteiger partial charge >= 0.3 is 16.5 Å². The molecular weight excluding hydrogens is 234 g/mol. The molecule has 81 valence electrons. The quantitative estimate of drug-likeness (QED) is 0.322. The molecule has 0 aliphatic carbocycles. The minimum absolute atomic E-state index is 0. The number of hydrogen-bond donors (Lipinski definition) is 0. The van der Waals surface area contributed by atoms with Crippen molar-refractivity contribution in [3.63, 3.8) is 0 Å². The summed E-state index contributed by atoms with van der Waals surface area (Å²) in [5.41, 5.74) is 0. The molecule has 0 saturated heterocycles. The molecule has 0 heterocycles. The van der Waals surface area contributed by atoms with Gasteiger partial charge in [-0.3, -0.25) is 0 Å². The molecule has 13 heavy (non-hydrogen) atoms. The monoisotopic (exact) mass is 250 g/mol. The molecular formula is C8H17NiO3P+. The second kappa shape index (κ2) is 18.3. The Morgan fingerprint density at radius 1 is 1.23 bits per heavy atom. The molecule has 0 atom stereocenters. The first-order valence-electron chi connectivity index (χ1n) is 4.24. The van der Waals surface area contributed by atoms with E-state index in [1.54, 1.807) is 0 Å². The third-order valence-corrected chi connectivity index (χ3v) is 1.35. The molecule has 0 aliphatic heterocycles. The van der Waals surface area contributed by atoms with Crippen LogP contribution >= 0.6 is 8.25 Å². The van der Waals surface area contributed by atoms with Gasteiger partial charge in [0.25, 0.3) is 8.25 Å². The zero-order valence-corrected chi connectivity index (χ0v) is 9.98. The fourth-order valence-electron chi connectivity index (χ4n) is 0.775. The van der Waals surface area contributed by atoms with Gasteiger partial charge in [-0.15, -0.1) is 0 Å². The van der Waals surface area contributed by atoms with Crippen LogP contribution in [-0.4, -0.2) is 0 Å². The second-order valence-electron chi connectivity index (χ2n) is 2.48. The standard InChI is InChI=1S/C8H17.Ni.HO3P/c1-3-5-7-8-6-4-2;;1-4(2)3/h3H,4-8H2,1-2H3;;(H,1,2,3)/q-1;+3;/p-1. The van der Waals surface area contributed by atoms with Gasteiger partial charge in [0.15, 0.2) is 0 Å². The van der Waals surface area contributed by atoms with Crippen LogP contribution in [0.2, 0.25) is 0 Å². The summed E-state index contributed by atoms with van der Waals surface area (Å²) < 4.78 is 8.48. The van der Waals surface area contributed by atoms with E-state index in [4.69, 9.17) is 14.4 Å². The van der Waals surface area contributed by atoms with Gasteiger partial charge in [-0.2, -0.15) is 13.3 Å². The fraction of sp³-hybridized carbons (Fsp3) is 0.875. The molecule has 3 nitrogen and oxygen atoms in total. The Labute approximate surface area is 91.8 Å². The summed E-state index contributed by atoms with van der Waals surface area (Å²) in [7, 11) is -3.37. The zero-order valence-electron chi connectivity index (χ0n) is 8.10. The topological polar surface area (TPSA) is 63.2 Å². The maximum Gasteiger partial charge on any atom is 3.00 e. The van der Waals surface area contributed by atoms with Gasteiger partial charge < -0.3 is 16.2 Å². The summed E-state index contributed by atoms with van der Waals surface area (Å²) in [6.45, 7) is 4.38. The largest absolute Gasteiger partial charge is 3.00 e. The van der Waals surface area contributed by atoms with Gasteiger partial charge in [-0.25, -0.2) is 0 Å². The Morgan fingerprint density at radius 2 is 1.69 bits per heavy atom. The van der Waals surface area contributed by atoms with E-state index in [0.717, 1.165) is 0 Å². The first-order chi connectivity index (χ1) is 5.65. The molecule has 0 fully saturated rings. The Bertz CT molecular complexity index is 91.4. The van der Waals surface area contributed by atoms with Gasteiger partial charge in [0.05, 0.1) is 0 Å². The van der Waals surface area contributed by atoms with E-state index in [0.29, 0.717) is 0 Å². The number of unbranched alkanes of at least 4 members (excludes halogenated alkanes) is 5. The van der Waals surface area contributed by atoms with E-state index in [1.165, 1.54) is 32.1 Å². The van der Waals surface area contributed by atoms with Crippen LogP contribution in [0.5, 0.6) is 0 Å². The SMILES string of the molecule is C[CH-]CCCCCC.O=[P+]([O-])[O-].[Ni+3]. The normalized spacial score (nSPS) is 8.00. The number of rotatable bonds is 5. The van der Waals surface area contributed by atoms with Crippen LogP contribution in [-0.2, 0) is 21.1 Å². The molecule has 0 rings (SSSR count). The minimum Gasteiger partial charge on any atom is -0.598 e. The van der Waals surface area contributed by atoms with Crippen molar-refractivity contribution >= 4 is 8.25 Å². The van der Waals surface area contributed by atoms with Gasteiger partial charge in [0, 0.05) is 0 Å². The van der Waals surface area contributed by atoms with Crippen LogP contribution in [0.25, 0.3) is 0 Å². The molecule has 0 bridgehead atoms. The summed E-state index contributed by atoms with van der Waals surface area (Å²) in [4.78, 5) is 17.0. The molecule has 0 aromatic carbocycles. The average molecular weight is 251 g/mol. The predicted molar refractivity (Wildman–Crippen MR) is 46.3 cm³/mol. The first kappa shape index (κ1) is 19.1. The first-order valence-corrected chi connectivity index (χ1v) is 5.34. The molecule has 0 aliphatic rings. The Morgan fingerprint density at radius 3 is 2.00 bits per heavy atom. The third kappa shape index (κ3) is 45.5. The number of hydrogen-bond acceptors (Lipinski definition) is 3. The van der Waals surface area contributed by atoms with Crippen molar-refractivity contribution in [1.82, 2.24) is 0 Å². The summed E-state index contributed by atoms with van der Waals surface area (Å²) >= 11 is 0. The van der Waals surface area contributed by atoms with Crippen molar-refractivity contribution in [3.8, 4) is 0 Å². The molecule has 5 heteroatoms. The summed E-state index contributed by atoms with van der Waals surface area (Å²) in [6, 6.07) is 0. The molecule has 0 aromatic heterocycles. The van der Waals surface area contributed by atoms with Crippen molar-refractivity contribution in [2.75, 3.05) is 0 Å². The van der Waals surface area contributed by atoms with Crippen molar-refractivity contribution in [1.29, 1.82) is 0 Å². The molecule has 1 radical (unpaired) electrons. The Hall–Kier alpha value is 0.514. The summed E-state index contributed by atoms with van der Waals surface area (Å²) in [5, 5.41) is 0. The van der Waals surface area contributed by atoms with E-state index in [9.17, 15) is 0 Å². The summed E-state index contributed by atoms with van der Waals surface area (Å²) in [5.74, 6) is 0. The fourth-order valence-corrected chi connectivity index (χ4v) is 0.775. The van der Waals surface area contributed by atoms with Gasteiger partial charge in [-0.1, -0.05) is 37.2 Å². The van der Waals surface area contributed by atoms with Gasteiger partial charge in [-0.05, 0) is 0 Å². The van der Waals surface area contributed by atoms with Crippen LogP contribution in [0, 0.1) is 6.42 Å². The molecule has 0 N–H and O–H groups in total. The van der Waals surface area contributed by atoms with Crippen molar-refractivity contribution in [3.05, 3.63) is 6.42 Å². The van der Waals surface area contributed by atoms with Crippen molar-refractivity contribution < 1.29 is 30.8 Å². The predicted octanol–water partition coefficient (Wildman–Crippen LogP) is 1.54. The van der Waals surface area contributed by atoms with Crippen molar-refractivity contribution in [2.45, 2.75) is 46.0 Å². The molecule has 0 saturated carbocycles. The van der Waals surface area contributed by atoms with E-state index < -0.39 is 8.25 Å². The second-order valence-corrected chi connectivity index (χ2v) is 2.93. The van der Waals surface area contributed by atoms with Crippen LogP contribution in [0.15, 0.2) is 0 Å². The van der Waals surface area contributed by atoms with Crippen molar-refractivity contribution in [2.24, 2.45) is 0 Å². The van der Waals surface area contributed by atoms with Crippen LogP contribution in [0.1, 0.15) is 46.0 Å². The van der Waals surface area contributed by atoms with Crippen LogP contribution in [0.3, 0.4) is 0 Å². The zero-order chi connectivity index (χ0) is 9.82. The average Bonchev–Trinajstić information content (AvgIpc) is 1.97. The van der Waals surface area contributed by atoms with E-state index in [2.05, 4.69) is 20.3 Å². The molecule has 0 amide bonds. The van der Waals surface area contributed by atoms with Crippen LogP contribution in [0.4, 0.5) is 0 Å². The van der Waals surface area contributed by atoms with Gasteiger partial charge in [0.2, 0.25) is 0 Å². The molecule has 0 aromatic rings. The van der Waals surface area contributed by atoms with E-state index in [1.807, 2.05) is 0 Å². The third-order valence-electron chi connectivity index (χ3n) is 1.35. The van der Waals surface area contributed by atoms with E-state index in [-0.39, 0.29) is 16.5 Å². The smallest absolute Gasteiger partial charge is 0.598 e.